The highest BCUT2D eigenvalue weighted by Crippen LogP contribution is 2.26. The molecule has 1 saturated heterocycles. The Balaban J connectivity index is 2.09. The average Bonchev–Trinajstić information content (AvgIpc) is 2.59. The van der Waals surface area contributed by atoms with E-state index in [0.717, 1.165) is 0 Å². The maximum atomic E-state index is 11.8. The summed E-state index contributed by atoms with van der Waals surface area (Å²) in [5.41, 5.74) is 0.487. The van der Waals surface area contributed by atoms with Crippen molar-refractivity contribution in [3.63, 3.8) is 0 Å². The molecule has 4 atom stereocenters. The average molecular weight is 352 g/mol. The number of benzene rings is 1. The van der Waals surface area contributed by atoms with Gasteiger partial charge in [0, 0.05) is 12.1 Å². The molecule has 1 amide bonds. The van der Waals surface area contributed by atoms with Crippen molar-refractivity contribution in [2.45, 2.75) is 31.7 Å². The first-order valence-electron chi connectivity index (χ1n) is 7.66. The molecule has 1 aromatic rings. The number of aliphatic hydroxyl groups excluding tert-OH is 3. The van der Waals surface area contributed by atoms with E-state index in [0.29, 0.717) is 5.69 Å². The maximum absolute atomic E-state index is 11.8. The number of nitrogens with zero attached hydrogens (tertiary/aromatic N) is 1. The largest absolute Gasteiger partial charge is 0.470 e. The van der Waals surface area contributed by atoms with Crippen LogP contribution in [-0.4, -0.2) is 58.0 Å². The fraction of sp³-hybridized carbons (Fsp3) is 0.438. The first kappa shape index (κ1) is 18.8. The van der Waals surface area contributed by atoms with E-state index in [4.69, 9.17) is 9.57 Å². The monoisotopic (exact) mass is 352 g/mol. The Morgan fingerprint density at radius 1 is 1.24 bits per heavy atom. The van der Waals surface area contributed by atoms with E-state index in [1.165, 1.54) is 6.92 Å². The third-order valence-electron chi connectivity index (χ3n) is 3.66. The summed E-state index contributed by atoms with van der Waals surface area (Å²) in [6, 6.07) is 8.51. The van der Waals surface area contributed by atoms with Gasteiger partial charge in [-0.2, -0.15) is 0 Å². The van der Waals surface area contributed by atoms with Crippen molar-refractivity contribution in [3.05, 3.63) is 30.3 Å². The summed E-state index contributed by atoms with van der Waals surface area (Å²) < 4.78 is 5.27. The summed E-state index contributed by atoms with van der Waals surface area (Å²) in [6.45, 7) is 0.720. The number of hydrogen-bond donors (Lipinski definition) is 4. The number of aliphatic hydroxyl groups is 3. The van der Waals surface area contributed by atoms with Crippen LogP contribution in [0.4, 0.5) is 10.5 Å². The zero-order chi connectivity index (χ0) is 18.4. The summed E-state index contributed by atoms with van der Waals surface area (Å²) in [5, 5.41) is 35.2. The molecule has 9 nitrogen and oxygen atoms in total. The number of anilines is 1. The number of rotatable bonds is 5. The molecule has 1 aromatic carbocycles. The number of carbonyl (C=O) groups is 2. The van der Waals surface area contributed by atoms with Gasteiger partial charge < -0.3 is 24.9 Å². The van der Waals surface area contributed by atoms with Gasteiger partial charge in [-0.25, -0.2) is 4.79 Å². The second kappa shape index (κ2) is 8.56. The second-order valence-corrected chi connectivity index (χ2v) is 5.63. The molecule has 0 bridgehead atoms. The summed E-state index contributed by atoms with van der Waals surface area (Å²) in [5.74, 6) is -1.50. The van der Waals surface area contributed by atoms with E-state index >= 15 is 0 Å². The highest BCUT2D eigenvalue weighted by Gasteiger charge is 2.43. The number of carbonyl (C=O) groups excluding carboxylic acids is 2. The third-order valence-corrected chi connectivity index (χ3v) is 3.66. The topological polar surface area (TPSA) is 138 Å². The Hall–Kier alpha value is -2.49. The normalized spacial score (nSPS) is 27.4. The van der Waals surface area contributed by atoms with Gasteiger partial charge in [0.2, 0.25) is 5.90 Å². The van der Waals surface area contributed by atoms with Crippen molar-refractivity contribution in [1.82, 2.24) is 0 Å². The lowest BCUT2D eigenvalue weighted by Gasteiger charge is -2.37. The number of ether oxygens (including phenoxy) is 1. The summed E-state index contributed by atoms with van der Waals surface area (Å²) in [6.07, 6.45) is -5.00. The number of ketones is 1. The Morgan fingerprint density at radius 2 is 1.92 bits per heavy atom. The van der Waals surface area contributed by atoms with E-state index in [2.05, 4.69) is 10.5 Å². The van der Waals surface area contributed by atoms with Crippen molar-refractivity contribution in [2.24, 2.45) is 11.1 Å². The predicted molar refractivity (Wildman–Crippen MR) is 86.7 cm³/mol. The van der Waals surface area contributed by atoms with Gasteiger partial charge in [0.15, 0.2) is 6.10 Å². The Kier molecular flexibility index (Phi) is 6.45. The van der Waals surface area contributed by atoms with Crippen molar-refractivity contribution in [3.8, 4) is 0 Å². The summed E-state index contributed by atoms with van der Waals surface area (Å²) in [7, 11) is 0. The lowest BCUT2D eigenvalue weighted by molar-refractivity contribution is -0.127. The number of amides is 1. The Morgan fingerprint density at radius 3 is 2.52 bits per heavy atom. The van der Waals surface area contributed by atoms with Gasteiger partial charge in [-0.3, -0.25) is 10.2 Å². The number of Topliss-reactive ketones (excluding diaryl/α,β-unsaturated/α-hetero) is 1. The number of hydrogen-bond acceptors (Lipinski definition) is 8. The Labute approximate surface area is 143 Å². The van der Waals surface area contributed by atoms with Crippen LogP contribution in [-0.2, 0) is 14.4 Å². The van der Waals surface area contributed by atoms with E-state index in [-0.39, 0.29) is 18.1 Å². The molecule has 1 aliphatic heterocycles. The van der Waals surface area contributed by atoms with Crippen molar-refractivity contribution >= 4 is 23.5 Å². The van der Waals surface area contributed by atoms with E-state index in [9.17, 15) is 24.9 Å². The minimum absolute atomic E-state index is 0.168. The molecule has 0 unspecified atom stereocenters. The fourth-order valence-electron chi connectivity index (χ4n) is 2.42. The fourth-order valence-corrected chi connectivity index (χ4v) is 2.42. The van der Waals surface area contributed by atoms with Gasteiger partial charge in [-0.15, -0.1) is 0 Å². The molecule has 0 spiro atoms. The SMILES string of the molecule is CC(=O)C[C@H]1/C(=N/OC(=O)Nc2ccccc2)O[C@H](CO)[C@H](O)[C@@H]1O. The number of oxime groups is 1. The molecular weight excluding hydrogens is 332 g/mol. The van der Waals surface area contributed by atoms with Gasteiger partial charge in [0.05, 0.1) is 18.6 Å². The zero-order valence-corrected chi connectivity index (χ0v) is 13.5. The van der Waals surface area contributed by atoms with E-state index in [1.54, 1.807) is 30.3 Å². The first-order chi connectivity index (χ1) is 11.9. The molecule has 0 saturated carbocycles. The van der Waals surface area contributed by atoms with Crippen molar-refractivity contribution < 1.29 is 34.5 Å². The molecule has 136 valence electrons. The molecule has 0 aromatic heterocycles. The predicted octanol–water partition coefficient (Wildman–Crippen LogP) is 0.257. The van der Waals surface area contributed by atoms with Gasteiger partial charge in [-0.1, -0.05) is 18.2 Å². The van der Waals surface area contributed by atoms with Gasteiger partial charge in [-0.05, 0) is 24.2 Å². The standard InChI is InChI=1S/C16H20N2O7/c1-9(20)7-11-13(21)14(22)12(8-19)24-15(11)18-25-16(23)17-10-5-3-2-4-6-10/h2-6,11-14,19,21-22H,7-8H2,1H3,(H,17,23)/b18-15-/t11-,12-,13-,14+/m1/s1. The third kappa shape index (κ3) is 4.99. The lowest BCUT2D eigenvalue weighted by atomic mass is 9.88. The molecule has 2 rings (SSSR count). The molecule has 1 fully saturated rings. The van der Waals surface area contributed by atoms with Crippen LogP contribution in [0.5, 0.6) is 0 Å². The first-order valence-corrected chi connectivity index (χ1v) is 7.66. The van der Waals surface area contributed by atoms with E-state index in [1.807, 2.05) is 0 Å². The smallest absolute Gasteiger partial charge is 0.437 e. The van der Waals surface area contributed by atoms with E-state index < -0.39 is 36.9 Å². The highest BCUT2D eigenvalue weighted by molar-refractivity contribution is 5.88. The van der Waals surface area contributed by atoms with Crippen LogP contribution in [0, 0.1) is 5.92 Å². The van der Waals surface area contributed by atoms with Crippen LogP contribution in [0.25, 0.3) is 0 Å². The number of para-hydroxylation sites is 1. The van der Waals surface area contributed by atoms with Crippen LogP contribution in [0.2, 0.25) is 0 Å². The minimum atomic E-state index is -1.40. The van der Waals surface area contributed by atoms with Crippen molar-refractivity contribution in [2.75, 3.05) is 11.9 Å². The number of nitrogens with one attached hydrogen (secondary N) is 1. The minimum Gasteiger partial charge on any atom is -0.470 e. The molecule has 1 heterocycles. The molecule has 0 radical (unpaired) electrons. The lowest BCUT2D eigenvalue weighted by Crippen LogP contribution is -2.54. The maximum Gasteiger partial charge on any atom is 0.437 e. The van der Waals surface area contributed by atoms with Crippen molar-refractivity contribution in [1.29, 1.82) is 0 Å². The quantitative estimate of drug-likeness (QED) is 0.440. The van der Waals surface area contributed by atoms with Gasteiger partial charge >= 0.3 is 6.09 Å². The Bertz CT molecular complexity index is 635. The molecule has 9 heteroatoms. The van der Waals surface area contributed by atoms with Gasteiger partial charge in [0.1, 0.15) is 11.9 Å². The van der Waals surface area contributed by atoms with Crippen LogP contribution in [0.1, 0.15) is 13.3 Å². The molecule has 1 aliphatic rings. The molecule has 25 heavy (non-hydrogen) atoms. The van der Waals surface area contributed by atoms with Crippen LogP contribution in [0.15, 0.2) is 35.5 Å². The molecule has 4 N–H and O–H groups in total. The van der Waals surface area contributed by atoms with Gasteiger partial charge in [0.25, 0.3) is 0 Å². The van der Waals surface area contributed by atoms with Crippen LogP contribution >= 0.6 is 0 Å². The summed E-state index contributed by atoms with van der Waals surface area (Å²) in [4.78, 5) is 27.8. The second-order valence-electron chi connectivity index (χ2n) is 5.63. The van der Waals surface area contributed by atoms with Crippen LogP contribution < -0.4 is 5.32 Å². The summed E-state index contributed by atoms with van der Waals surface area (Å²) >= 11 is 0. The zero-order valence-electron chi connectivity index (χ0n) is 13.5. The molecule has 0 aliphatic carbocycles. The van der Waals surface area contributed by atoms with Crippen LogP contribution in [0.3, 0.4) is 0 Å². The highest BCUT2D eigenvalue weighted by atomic mass is 16.7. The molecular formula is C16H20N2O7.